The van der Waals surface area contributed by atoms with Crippen LogP contribution in [-0.4, -0.2) is 41.7 Å². The Morgan fingerprint density at radius 1 is 1.58 bits per heavy atom. The zero-order valence-corrected chi connectivity index (χ0v) is 11.0. The fourth-order valence-electron chi connectivity index (χ4n) is 2.50. The second-order valence-electron chi connectivity index (χ2n) is 4.93. The molecule has 0 amide bonds. The highest BCUT2D eigenvalue weighted by atomic mass is 16.6. The Balaban J connectivity index is 2.09. The molecule has 6 heteroatoms. The molecule has 0 spiro atoms. The summed E-state index contributed by atoms with van der Waals surface area (Å²) in [7, 11) is 1.67. The van der Waals surface area contributed by atoms with Crippen molar-refractivity contribution in [3.05, 3.63) is 33.9 Å². The molecule has 2 N–H and O–H groups in total. The Hall–Kier alpha value is -1.66. The molecule has 1 fully saturated rings. The molecule has 1 unspecified atom stereocenters. The summed E-state index contributed by atoms with van der Waals surface area (Å²) < 4.78 is 0. The molecule has 19 heavy (non-hydrogen) atoms. The molecule has 1 aromatic rings. The van der Waals surface area contributed by atoms with Gasteiger partial charge in [0.25, 0.3) is 5.69 Å². The van der Waals surface area contributed by atoms with Crippen LogP contribution in [0.25, 0.3) is 0 Å². The Morgan fingerprint density at radius 2 is 2.37 bits per heavy atom. The van der Waals surface area contributed by atoms with E-state index < -0.39 is 0 Å². The van der Waals surface area contributed by atoms with Crippen molar-refractivity contribution in [2.75, 3.05) is 32.1 Å². The van der Waals surface area contributed by atoms with Crippen LogP contribution in [0.3, 0.4) is 0 Å². The maximum absolute atomic E-state index is 11.0. The highest BCUT2D eigenvalue weighted by Crippen LogP contribution is 2.26. The average molecular weight is 265 g/mol. The maximum atomic E-state index is 11.0. The Bertz CT molecular complexity index is 464. The lowest BCUT2D eigenvalue weighted by molar-refractivity contribution is -0.384. The zero-order valence-electron chi connectivity index (χ0n) is 11.0. The molecule has 1 heterocycles. The average Bonchev–Trinajstić information content (AvgIpc) is 2.86. The third kappa shape index (κ3) is 3.21. The van der Waals surface area contributed by atoms with Crippen molar-refractivity contribution in [2.45, 2.75) is 13.0 Å². The molecule has 1 atom stereocenters. The molecule has 0 bridgehead atoms. The molecular weight excluding hydrogens is 246 g/mol. The molecule has 0 aliphatic carbocycles. The summed E-state index contributed by atoms with van der Waals surface area (Å²) in [5.74, 6) is 0.339. The lowest BCUT2D eigenvalue weighted by atomic mass is 10.1. The van der Waals surface area contributed by atoms with Gasteiger partial charge in [-0.1, -0.05) is 6.07 Å². The van der Waals surface area contributed by atoms with Gasteiger partial charge >= 0.3 is 0 Å². The largest absolute Gasteiger partial charge is 0.396 e. The van der Waals surface area contributed by atoms with E-state index >= 15 is 0 Å². The first-order valence-corrected chi connectivity index (χ1v) is 6.42. The lowest BCUT2D eigenvalue weighted by Crippen LogP contribution is -2.21. The fourth-order valence-corrected chi connectivity index (χ4v) is 2.50. The smallest absolute Gasteiger partial charge is 0.292 e. The van der Waals surface area contributed by atoms with Crippen LogP contribution in [0.15, 0.2) is 18.2 Å². The third-order valence-electron chi connectivity index (χ3n) is 3.56. The summed E-state index contributed by atoms with van der Waals surface area (Å²) in [6.07, 6.45) is 0.993. The number of rotatable bonds is 5. The van der Waals surface area contributed by atoms with E-state index in [2.05, 4.69) is 10.2 Å². The minimum Gasteiger partial charge on any atom is -0.396 e. The Labute approximate surface area is 112 Å². The second-order valence-corrected chi connectivity index (χ2v) is 4.93. The molecule has 1 aliphatic rings. The van der Waals surface area contributed by atoms with Gasteiger partial charge < -0.3 is 10.4 Å². The zero-order chi connectivity index (χ0) is 13.8. The topological polar surface area (TPSA) is 78.6 Å². The molecule has 1 saturated heterocycles. The number of aliphatic hydroxyl groups excluding tert-OH is 1. The molecular formula is C13H19N3O3. The van der Waals surface area contributed by atoms with Crippen LogP contribution < -0.4 is 5.32 Å². The highest BCUT2D eigenvalue weighted by molar-refractivity contribution is 5.62. The first kappa shape index (κ1) is 13.8. The predicted molar refractivity (Wildman–Crippen MR) is 73.1 cm³/mol. The van der Waals surface area contributed by atoms with E-state index in [0.717, 1.165) is 25.1 Å². The van der Waals surface area contributed by atoms with Crippen molar-refractivity contribution in [1.82, 2.24) is 4.90 Å². The van der Waals surface area contributed by atoms with Crippen LogP contribution in [-0.2, 0) is 6.54 Å². The Morgan fingerprint density at radius 3 is 2.95 bits per heavy atom. The van der Waals surface area contributed by atoms with Gasteiger partial charge in [-0.3, -0.25) is 15.0 Å². The van der Waals surface area contributed by atoms with Crippen LogP contribution in [0.5, 0.6) is 0 Å². The van der Waals surface area contributed by atoms with Gasteiger partial charge in [0, 0.05) is 32.8 Å². The second kappa shape index (κ2) is 5.99. The summed E-state index contributed by atoms with van der Waals surface area (Å²) in [6, 6.07) is 5.27. The molecule has 1 aromatic carbocycles. The first-order chi connectivity index (χ1) is 9.13. The lowest BCUT2D eigenvalue weighted by Gasteiger charge is -2.15. The number of nitro benzene ring substituents is 1. The third-order valence-corrected chi connectivity index (χ3v) is 3.56. The quantitative estimate of drug-likeness (QED) is 0.622. The molecule has 104 valence electrons. The van der Waals surface area contributed by atoms with Gasteiger partial charge in [0.2, 0.25) is 0 Å². The van der Waals surface area contributed by atoms with Crippen molar-refractivity contribution < 1.29 is 10.0 Å². The SMILES string of the molecule is CNc1ccc(CN2CCC(CO)C2)cc1[N+](=O)[O-]. The van der Waals surface area contributed by atoms with E-state index in [1.54, 1.807) is 19.2 Å². The number of aliphatic hydroxyl groups is 1. The standard InChI is InChI=1S/C13H19N3O3/c1-14-12-3-2-10(6-13(12)16(18)19)7-15-5-4-11(8-15)9-17/h2-3,6,11,14,17H,4-5,7-9H2,1H3. The summed E-state index contributed by atoms with van der Waals surface area (Å²) in [5, 5.41) is 22.9. The van der Waals surface area contributed by atoms with Crippen molar-refractivity contribution in [2.24, 2.45) is 5.92 Å². The number of likely N-dealkylation sites (tertiary alicyclic amines) is 1. The number of hydrogen-bond acceptors (Lipinski definition) is 5. The number of nitrogens with zero attached hydrogens (tertiary/aromatic N) is 2. The maximum Gasteiger partial charge on any atom is 0.292 e. The van der Waals surface area contributed by atoms with E-state index in [4.69, 9.17) is 5.11 Å². The Kier molecular flexibility index (Phi) is 4.34. The van der Waals surface area contributed by atoms with Crippen LogP contribution in [0, 0.1) is 16.0 Å². The summed E-state index contributed by atoms with van der Waals surface area (Å²) in [5.41, 5.74) is 1.57. The summed E-state index contributed by atoms with van der Waals surface area (Å²) >= 11 is 0. The van der Waals surface area contributed by atoms with Gasteiger partial charge in [0.1, 0.15) is 5.69 Å². The first-order valence-electron chi connectivity index (χ1n) is 6.42. The van der Waals surface area contributed by atoms with Crippen molar-refractivity contribution in [3.63, 3.8) is 0 Å². The van der Waals surface area contributed by atoms with Crippen LogP contribution in [0.4, 0.5) is 11.4 Å². The molecule has 0 aromatic heterocycles. The molecule has 0 saturated carbocycles. The number of anilines is 1. The van der Waals surface area contributed by atoms with Crippen LogP contribution in [0.1, 0.15) is 12.0 Å². The number of benzene rings is 1. The normalized spacial score (nSPS) is 19.6. The molecule has 1 aliphatic heterocycles. The van der Waals surface area contributed by atoms with E-state index in [0.29, 0.717) is 18.2 Å². The molecule has 6 nitrogen and oxygen atoms in total. The fraction of sp³-hybridized carbons (Fsp3) is 0.538. The predicted octanol–water partition coefficient (Wildman–Crippen LogP) is 1.45. The number of nitrogens with one attached hydrogen (secondary N) is 1. The number of hydrogen-bond donors (Lipinski definition) is 2. The van der Waals surface area contributed by atoms with Crippen molar-refractivity contribution >= 4 is 11.4 Å². The van der Waals surface area contributed by atoms with Crippen LogP contribution >= 0.6 is 0 Å². The van der Waals surface area contributed by atoms with Gasteiger partial charge in [-0.25, -0.2) is 0 Å². The minimum atomic E-state index is -0.365. The van der Waals surface area contributed by atoms with E-state index in [1.807, 2.05) is 6.07 Å². The number of nitro groups is 1. The highest BCUT2D eigenvalue weighted by Gasteiger charge is 2.22. The van der Waals surface area contributed by atoms with Gasteiger partial charge in [0.15, 0.2) is 0 Å². The molecule has 2 rings (SSSR count). The van der Waals surface area contributed by atoms with E-state index in [-0.39, 0.29) is 17.2 Å². The van der Waals surface area contributed by atoms with Gasteiger partial charge in [-0.05, 0) is 30.5 Å². The molecule has 0 radical (unpaired) electrons. The van der Waals surface area contributed by atoms with E-state index in [1.165, 1.54) is 0 Å². The monoisotopic (exact) mass is 265 g/mol. The van der Waals surface area contributed by atoms with E-state index in [9.17, 15) is 10.1 Å². The summed E-state index contributed by atoms with van der Waals surface area (Å²) in [6.45, 7) is 2.71. The van der Waals surface area contributed by atoms with Gasteiger partial charge in [-0.2, -0.15) is 0 Å². The van der Waals surface area contributed by atoms with Gasteiger partial charge in [0.05, 0.1) is 4.92 Å². The van der Waals surface area contributed by atoms with Gasteiger partial charge in [-0.15, -0.1) is 0 Å². The van der Waals surface area contributed by atoms with Crippen molar-refractivity contribution in [1.29, 1.82) is 0 Å². The van der Waals surface area contributed by atoms with Crippen molar-refractivity contribution in [3.8, 4) is 0 Å². The van der Waals surface area contributed by atoms with Crippen LogP contribution in [0.2, 0.25) is 0 Å². The summed E-state index contributed by atoms with van der Waals surface area (Å²) in [4.78, 5) is 12.8. The minimum absolute atomic E-state index is 0.109.